The number of carbonyl (C=O) groups is 2. The SMILES string of the molecule is CCn1c(=O)c(C(=O)NCC(=O)O)c(O)c2c3c(c(C)n21)CCC3. The van der Waals surface area contributed by atoms with E-state index in [9.17, 15) is 19.5 Å². The highest BCUT2D eigenvalue weighted by atomic mass is 16.4. The third-order valence-corrected chi connectivity index (χ3v) is 4.55. The molecule has 0 saturated heterocycles. The van der Waals surface area contributed by atoms with Crippen molar-refractivity contribution in [3.05, 3.63) is 32.7 Å². The Morgan fingerprint density at radius 2 is 1.92 bits per heavy atom. The Balaban J connectivity index is 2.30. The van der Waals surface area contributed by atoms with Crippen LogP contribution in [0.1, 0.15) is 40.5 Å². The molecular formula is C16H19N3O5. The van der Waals surface area contributed by atoms with Crippen molar-refractivity contribution < 1.29 is 19.8 Å². The molecule has 1 aliphatic rings. The molecule has 3 rings (SSSR count). The number of aryl methyl sites for hydroxylation is 3. The summed E-state index contributed by atoms with van der Waals surface area (Å²) in [5, 5.41) is 21.5. The van der Waals surface area contributed by atoms with E-state index in [0.29, 0.717) is 12.1 Å². The number of rotatable bonds is 4. The molecule has 2 heterocycles. The molecule has 0 fully saturated rings. The first-order valence-electron chi connectivity index (χ1n) is 7.87. The van der Waals surface area contributed by atoms with Crippen LogP contribution in [0.5, 0.6) is 5.75 Å². The van der Waals surface area contributed by atoms with Crippen molar-refractivity contribution in [1.29, 1.82) is 0 Å². The Bertz CT molecular complexity index is 922. The van der Waals surface area contributed by atoms with Gasteiger partial charge in [0.05, 0.1) is 0 Å². The van der Waals surface area contributed by atoms with Crippen molar-refractivity contribution in [2.75, 3.05) is 6.54 Å². The van der Waals surface area contributed by atoms with E-state index in [4.69, 9.17) is 5.11 Å². The average Bonchev–Trinajstić information content (AvgIpc) is 3.09. The van der Waals surface area contributed by atoms with Gasteiger partial charge in [-0.05, 0) is 44.2 Å². The van der Waals surface area contributed by atoms with Gasteiger partial charge < -0.3 is 15.5 Å². The van der Waals surface area contributed by atoms with Crippen LogP contribution in [-0.2, 0) is 24.2 Å². The molecule has 0 radical (unpaired) electrons. The summed E-state index contributed by atoms with van der Waals surface area (Å²) in [5.74, 6) is -2.48. The van der Waals surface area contributed by atoms with E-state index in [1.54, 1.807) is 11.4 Å². The number of carboxylic acid groups (broad SMARTS) is 1. The highest BCUT2D eigenvalue weighted by Gasteiger charge is 2.29. The summed E-state index contributed by atoms with van der Waals surface area (Å²) >= 11 is 0. The minimum absolute atomic E-state index is 0.323. The van der Waals surface area contributed by atoms with E-state index in [0.717, 1.165) is 36.1 Å². The normalized spacial score (nSPS) is 13.2. The van der Waals surface area contributed by atoms with Gasteiger partial charge in [-0.25, -0.2) is 4.68 Å². The Morgan fingerprint density at radius 1 is 1.25 bits per heavy atom. The largest absolute Gasteiger partial charge is 0.505 e. The molecule has 1 amide bonds. The summed E-state index contributed by atoms with van der Waals surface area (Å²) in [6, 6.07) is 0. The van der Waals surface area contributed by atoms with Gasteiger partial charge in [-0.15, -0.1) is 0 Å². The Hall–Kier alpha value is -2.77. The summed E-state index contributed by atoms with van der Waals surface area (Å²) in [5.41, 5.74) is 2.39. The van der Waals surface area contributed by atoms with Gasteiger partial charge in [-0.1, -0.05) is 0 Å². The summed E-state index contributed by atoms with van der Waals surface area (Å²) in [7, 11) is 0. The van der Waals surface area contributed by atoms with E-state index in [1.165, 1.54) is 4.68 Å². The standard InChI is InChI=1S/C16H19N3O5/c1-3-18-16(24)12(15(23)17-7-11(20)21)14(22)13-10-6-4-5-9(10)8(2)19(13)18/h22H,3-7H2,1-2H3,(H,17,23)(H,20,21). The highest BCUT2D eigenvalue weighted by Crippen LogP contribution is 2.36. The number of aromatic hydroxyl groups is 1. The molecule has 0 aliphatic heterocycles. The third-order valence-electron chi connectivity index (χ3n) is 4.55. The van der Waals surface area contributed by atoms with Crippen LogP contribution in [0.3, 0.4) is 0 Å². The molecule has 8 nitrogen and oxygen atoms in total. The summed E-state index contributed by atoms with van der Waals surface area (Å²) in [6.07, 6.45) is 2.62. The maximum absolute atomic E-state index is 12.7. The van der Waals surface area contributed by atoms with Gasteiger partial charge in [0.2, 0.25) is 0 Å². The number of amides is 1. The molecule has 0 saturated carbocycles. The fourth-order valence-corrected chi connectivity index (χ4v) is 3.55. The average molecular weight is 333 g/mol. The molecule has 3 N–H and O–H groups in total. The lowest BCUT2D eigenvalue weighted by atomic mass is 10.1. The predicted molar refractivity (Wildman–Crippen MR) is 85.7 cm³/mol. The zero-order valence-corrected chi connectivity index (χ0v) is 13.5. The monoisotopic (exact) mass is 333 g/mol. The molecule has 24 heavy (non-hydrogen) atoms. The third kappa shape index (κ3) is 2.17. The first kappa shape index (κ1) is 16.1. The highest BCUT2D eigenvalue weighted by molar-refractivity contribution is 6.00. The number of carboxylic acids is 1. The summed E-state index contributed by atoms with van der Waals surface area (Å²) < 4.78 is 3.08. The second kappa shape index (κ2) is 5.70. The fourth-order valence-electron chi connectivity index (χ4n) is 3.55. The van der Waals surface area contributed by atoms with Crippen molar-refractivity contribution >= 4 is 17.4 Å². The number of fused-ring (bicyclic) bond motifs is 3. The van der Waals surface area contributed by atoms with Crippen LogP contribution in [0.15, 0.2) is 4.79 Å². The Morgan fingerprint density at radius 3 is 2.54 bits per heavy atom. The van der Waals surface area contributed by atoms with Crippen LogP contribution >= 0.6 is 0 Å². The van der Waals surface area contributed by atoms with Gasteiger partial charge in [0.1, 0.15) is 17.6 Å². The zero-order valence-electron chi connectivity index (χ0n) is 13.5. The van der Waals surface area contributed by atoms with Crippen LogP contribution in [0.25, 0.3) is 5.52 Å². The number of carbonyl (C=O) groups excluding carboxylic acids is 1. The number of hydrogen-bond acceptors (Lipinski definition) is 4. The molecule has 2 aromatic heterocycles. The van der Waals surface area contributed by atoms with Crippen molar-refractivity contribution in [2.45, 2.75) is 39.7 Å². The van der Waals surface area contributed by atoms with Gasteiger partial charge in [0.25, 0.3) is 11.5 Å². The van der Waals surface area contributed by atoms with Crippen molar-refractivity contribution in [2.24, 2.45) is 0 Å². The van der Waals surface area contributed by atoms with Crippen molar-refractivity contribution in [3.8, 4) is 5.75 Å². The van der Waals surface area contributed by atoms with Crippen LogP contribution in [0.2, 0.25) is 0 Å². The van der Waals surface area contributed by atoms with Crippen molar-refractivity contribution in [1.82, 2.24) is 14.5 Å². The molecule has 0 bridgehead atoms. The number of hydrogen-bond donors (Lipinski definition) is 3. The zero-order chi connectivity index (χ0) is 17.6. The first-order valence-corrected chi connectivity index (χ1v) is 7.87. The topological polar surface area (TPSA) is 113 Å². The smallest absolute Gasteiger partial charge is 0.322 e. The maximum Gasteiger partial charge on any atom is 0.322 e. The molecule has 0 aromatic carbocycles. The van der Waals surface area contributed by atoms with Crippen LogP contribution in [-0.4, -0.2) is 37.8 Å². The second-order valence-electron chi connectivity index (χ2n) is 5.88. The van der Waals surface area contributed by atoms with E-state index in [2.05, 4.69) is 5.32 Å². The lowest BCUT2D eigenvalue weighted by Gasteiger charge is -2.15. The van der Waals surface area contributed by atoms with E-state index in [-0.39, 0.29) is 5.75 Å². The quantitative estimate of drug-likeness (QED) is 0.751. The number of aliphatic carboxylic acids is 1. The van der Waals surface area contributed by atoms with Gasteiger partial charge in [0.15, 0.2) is 5.75 Å². The van der Waals surface area contributed by atoms with Gasteiger partial charge in [0, 0.05) is 12.2 Å². The second-order valence-corrected chi connectivity index (χ2v) is 5.88. The number of nitrogens with zero attached hydrogens (tertiary/aromatic N) is 2. The van der Waals surface area contributed by atoms with E-state index < -0.39 is 29.5 Å². The van der Waals surface area contributed by atoms with Gasteiger partial charge >= 0.3 is 5.97 Å². The maximum atomic E-state index is 12.7. The molecular weight excluding hydrogens is 314 g/mol. The first-order chi connectivity index (χ1) is 11.4. The molecule has 128 valence electrons. The molecule has 8 heteroatoms. The number of nitrogens with one attached hydrogen (secondary N) is 1. The van der Waals surface area contributed by atoms with Crippen molar-refractivity contribution in [3.63, 3.8) is 0 Å². The minimum Gasteiger partial charge on any atom is -0.505 e. The molecule has 0 atom stereocenters. The predicted octanol–water partition coefficient (Wildman–Crippen LogP) is 0.438. The van der Waals surface area contributed by atoms with E-state index >= 15 is 0 Å². The van der Waals surface area contributed by atoms with Gasteiger partial charge in [-0.3, -0.25) is 18.9 Å². The summed E-state index contributed by atoms with van der Waals surface area (Å²) in [6.45, 7) is 3.38. The Kier molecular flexibility index (Phi) is 3.82. The molecule has 2 aromatic rings. The van der Waals surface area contributed by atoms with Crippen LogP contribution < -0.4 is 10.9 Å². The van der Waals surface area contributed by atoms with Gasteiger partial charge in [-0.2, -0.15) is 0 Å². The number of aromatic nitrogens is 2. The van der Waals surface area contributed by atoms with Crippen LogP contribution in [0, 0.1) is 6.92 Å². The van der Waals surface area contributed by atoms with Crippen LogP contribution in [0.4, 0.5) is 0 Å². The Labute approximate surface area is 137 Å². The summed E-state index contributed by atoms with van der Waals surface area (Å²) in [4.78, 5) is 35.6. The lowest BCUT2D eigenvalue weighted by Crippen LogP contribution is -2.37. The molecule has 0 spiro atoms. The fraction of sp³-hybridized carbons (Fsp3) is 0.438. The van der Waals surface area contributed by atoms with E-state index in [1.807, 2.05) is 6.92 Å². The lowest BCUT2D eigenvalue weighted by molar-refractivity contribution is -0.135. The minimum atomic E-state index is -1.22. The molecule has 0 unspecified atom stereocenters. The molecule has 1 aliphatic carbocycles.